The number of carbonyl (C=O) groups is 1. The Labute approximate surface area is 157 Å². The Morgan fingerprint density at radius 2 is 2.12 bits per heavy atom. The molecule has 1 saturated heterocycles. The number of hydrogen-bond acceptors (Lipinski definition) is 3. The first-order valence-electron chi connectivity index (χ1n) is 9.69. The average Bonchev–Trinajstić information content (AvgIpc) is 3.03. The molecule has 0 spiro atoms. The number of aliphatic hydroxyl groups excluding tert-OH is 1. The van der Waals surface area contributed by atoms with Crippen molar-refractivity contribution in [1.82, 2.24) is 4.90 Å². The number of carboxylic acids is 1. The van der Waals surface area contributed by atoms with E-state index < -0.39 is 12.1 Å². The van der Waals surface area contributed by atoms with Gasteiger partial charge in [-0.15, -0.1) is 0 Å². The Bertz CT molecular complexity index is 437. The van der Waals surface area contributed by atoms with Gasteiger partial charge >= 0.3 is 5.97 Å². The summed E-state index contributed by atoms with van der Waals surface area (Å²) in [6, 6.07) is 0.522. The third-order valence-electron chi connectivity index (χ3n) is 4.76. The van der Waals surface area contributed by atoms with Gasteiger partial charge in [0.2, 0.25) is 0 Å². The average molecular weight is 372 g/mol. The van der Waals surface area contributed by atoms with Crippen LogP contribution in [0, 0.1) is 0 Å². The van der Waals surface area contributed by atoms with Crippen LogP contribution in [0.1, 0.15) is 71.1 Å². The fourth-order valence-corrected chi connectivity index (χ4v) is 3.39. The van der Waals surface area contributed by atoms with Crippen LogP contribution in [0.15, 0.2) is 23.3 Å². The lowest BCUT2D eigenvalue weighted by Crippen LogP contribution is -2.29. The van der Waals surface area contributed by atoms with Gasteiger partial charge < -0.3 is 10.2 Å². The van der Waals surface area contributed by atoms with Gasteiger partial charge in [-0.3, -0.25) is 9.69 Å². The number of unbranched alkanes of at least 4 members (excludes halogenated alkanes) is 3. The highest BCUT2D eigenvalue weighted by Gasteiger charge is 2.22. The van der Waals surface area contributed by atoms with Gasteiger partial charge in [-0.25, -0.2) is 0 Å². The van der Waals surface area contributed by atoms with Gasteiger partial charge in [0.15, 0.2) is 0 Å². The van der Waals surface area contributed by atoms with Crippen LogP contribution in [-0.2, 0) is 4.79 Å². The number of halogens is 1. The molecule has 5 heteroatoms. The van der Waals surface area contributed by atoms with E-state index in [1.54, 1.807) is 0 Å². The second-order valence-corrected chi connectivity index (χ2v) is 7.32. The minimum atomic E-state index is -0.726. The Hall–Kier alpha value is -0.840. The molecule has 144 valence electrons. The molecule has 1 aliphatic rings. The summed E-state index contributed by atoms with van der Waals surface area (Å²) >= 11 is 6.25. The van der Waals surface area contributed by atoms with E-state index in [-0.39, 0.29) is 6.42 Å². The first kappa shape index (κ1) is 22.2. The Morgan fingerprint density at radius 1 is 1.32 bits per heavy atom. The maximum Gasteiger partial charge on any atom is 0.303 e. The maximum atomic E-state index is 10.5. The molecule has 0 amide bonds. The lowest BCUT2D eigenvalue weighted by Gasteiger charge is -2.22. The summed E-state index contributed by atoms with van der Waals surface area (Å²) < 4.78 is 0. The van der Waals surface area contributed by atoms with Crippen LogP contribution in [0.3, 0.4) is 0 Å². The normalized spacial score (nSPS) is 20.4. The largest absolute Gasteiger partial charge is 0.481 e. The predicted octanol–water partition coefficient (Wildman–Crippen LogP) is 4.72. The summed E-state index contributed by atoms with van der Waals surface area (Å²) in [5.74, 6) is -0.726. The van der Waals surface area contributed by atoms with E-state index in [4.69, 9.17) is 16.7 Å². The topological polar surface area (TPSA) is 60.8 Å². The Balaban J connectivity index is 2.30. The molecule has 0 aromatic rings. The number of likely N-dealkylation sites (tertiary alicyclic amines) is 1. The van der Waals surface area contributed by atoms with Crippen LogP contribution < -0.4 is 0 Å². The van der Waals surface area contributed by atoms with Gasteiger partial charge in [0.05, 0.1) is 6.10 Å². The van der Waals surface area contributed by atoms with Gasteiger partial charge in [-0.05, 0) is 45.1 Å². The van der Waals surface area contributed by atoms with E-state index >= 15 is 0 Å². The van der Waals surface area contributed by atoms with E-state index in [0.29, 0.717) is 17.5 Å². The van der Waals surface area contributed by atoms with Crippen LogP contribution in [0.2, 0.25) is 0 Å². The minimum absolute atomic E-state index is 0.240. The van der Waals surface area contributed by atoms with E-state index in [1.165, 1.54) is 12.8 Å². The minimum Gasteiger partial charge on any atom is -0.481 e. The summed E-state index contributed by atoms with van der Waals surface area (Å²) in [7, 11) is 0. The van der Waals surface area contributed by atoms with Gasteiger partial charge in [-0.1, -0.05) is 56.0 Å². The molecule has 1 aliphatic heterocycles. The van der Waals surface area contributed by atoms with Crippen LogP contribution in [-0.4, -0.2) is 46.3 Å². The molecule has 1 fully saturated rings. The van der Waals surface area contributed by atoms with Crippen molar-refractivity contribution in [2.24, 2.45) is 0 Å². The summed E-state index contributed by atoms with van der Waals surface area (Å²) in [5, 5.41) is 19.3. The molecule has 2 atom stereocenters. The van der Waals surface area contributed by atoms with Crippen molar-refractivity contribution >= 4 is 17.6 Å². The van der Waals surface area contributed by atoms with Gasteiger partial charge in [-0.2, -0.15) is 0 Å². The highest BCUT2D eigenvalue weighted by Crippen LogP contribution is 2.22. The van der Waals surface area contributed by atoms with E-state index in [1.807, 2.05) is 6.08 Å². The van der Waals surface area contributed by atoms with Gasteiger partial charge in [0, 0.05) is 24.0 Å². The van der Waals surface area contributed by atoms with Crippen LogP contribution in [0.5, 0.6) is 0 Å². The first-order valence-corrected chi connectivity index (χ1v) is 10.1. The summed E-state index contributed by atoms with van der Waals surface area (Å²) in [6.07, 6.45) is 14.9. The number of allylic oxidation sites excluding steroid dienone is 1. The molecule has 0 radical (unpaired) electrons. The number of hydrogen-bond donors (Lipinski definition) is 2. The summed E-state index contributed by atoms with van der Waals surface area (Å²) in [4.78, 5) is 12.9. The predicted molar refractivity (Wildman–Crippen MR) is 104 cm³/mol. The van der Waals surface area contributed by atoms with Crippen molar-refractivity contribution in [1.29, 1.82) is 0 Å². The number of carboxylic acid groups (broad SMARTS) is 1. The second kappa shape index (κ2) is 13.4. The highest BCUT2D eigenvalue weighted by atomic mass is 35.5. The molecular formula is C20H34ClNO3. The van der Waals surface area contributed by atoms with Crippen molar-refractivity contribution in [3.05, 3.63) is 23.3 Å². The summed E-state index contributed by atoms with van der Waals surface area (Å²) in [5.41, 5.74) is 0. The van der Waals surface area contributed by atoms with Gasteiger partial charge in [0.1, 0.15) is 0 Å². The Kier molecular flexibility index (Phi) is 11.9. The fraction of sp³-hybridized carbons (Fsp3) is 0.750. The van der Waals surface area contributed by atoms with Crippen molar-refractivity contribution in [3.8, 4) is 0 Å². The molecule has 0 bridgehead atoms. The van der Waals surface area contributed by atoms with Crippen LogP contribution in [0.25, 0.3) is 0 Å². The standard InChI is InChI=1S/C20H34ClNO3/c1-2-3-6-12-19(23)18(21)14-16-22-15-9-11-17(22)10-7-4-5-8-13-20(24)25/h4,7,14,17,19,23H,2-3,5-6,8-13,15-16H2,1H3,(H,24,25)/b7-4?,18-14-. The molecule has 4 nitrogen and oxygen atoms in total. The third-order valence-corrected chi connectivity index (χ3v) is 5.16. The van der Waals surface area contributed by atoms with Crippen molar-refractivity contribution in [2.45, 2.75) is 83.3 Å². The maximum absolute atomic E-state index is 10.5. The molecule has 1 heterocycles. The molecule has 0 aromatic heterocycles. The second-order valence-electron chi connectivity index (χ2n) is 6.88. The number of nitrogens with zero attached hydrogens (tertiary/aromatic N) is 1. The van der Waals surface area contributed by atoms with Crippen molar-refractivity contribution in [2.75, 3.05) is 13.1 Å². The fourth-order valence-electron chi connectivity index (χ4n) is 3.21. The van der Waals surface area contributed by atoms with E-state index in [2.05, 4.69) is 24.0 Å². The number of aliphatic carboxylic acids is 1. The quantitative estimate of drug-likeness (QED) is 0.363. The smallest absolute Gasteiger partial charge is 0.303 e. The first-order chi connectivity index (χ1) is 12.0. The number of rotatable bonds is 13. The monoisotopic (exact) mass is 371 g/mol. The molecular weight excluding hydrogens is 338 g/mol. The summed E-state index contributed by atoms with van der Waals surface area (Å²) in [6.45, 7) is 4.02. The molecule has 25 heavy (non-hydrogen) atoms. The molecule has 2 unspecified atom stereocenters. The molecule has 0 aliphatic carbocycles. The molecule has 0 saturated carbocycles. The zero-order valence-corrected chi connectivity index (χ0v) is 16.3. The SMILES string of the molecule is CCCCCC(O)/C(Cl)=C/CN1CCCC1CC=CCCCC(=O)O. The van der Waals surface area contributed by atoms with E-state index in [9.17, 15) is 9.90 Å². The number of aliphatic hydroxyl groups is 1. The van der Waals surface area contributed by atoms with Gasteiger partial charge in [0.25, 0.3) is 0 Å². The third kappa shape index (κ3) is 10.0. The van der Waals surface area contributed by atoms with Crippen LogP contribution >= 0.6 is 11.6 Å². The van der Waals surface area contributed by atoms with E-state index in [0.717, 1.165) is 51.6 Å². The zero-order valence-electron chi connectivity index (χ0n) is 15.5. The van der Waals surface area contributed by atoms with Crippen LogP contribution in [0.4, 0.5) is 0 Å². The highest BCUT2D eigenvalue weighted by molar-refractivity contribution is 6.30. The van der Waals surface area contributed by atoms with Crippen molar-refractivity contribution < 1.29 is 15.0 Å². The lowest BCUT2D eigenvalue weighted by molar-refractivity contribution is -0.137. The van der Waals surface area contributed by atoms with Crippen molar-refractivity contribution in [3.63, 3.8) is 0 Å². The molecule has 0 aromatic carbocycles. The lowest BCUT2D eigenvalue weighted by atomic mass is 10.1. The Morgan fingerprint density at radius 3 is 2.84 bits per heavy atom. The molecule has 1 rings (SSSR count). The zero-order chi connectivity index (χ0) is 18.5. The molecule has 2 N–H and O–H groups in total.